The zero-order valence-electron chi connectivity index (χ0n) is 17.5. The lowest BCUT2D eigenvalue weighted by molar-refractivity contribution is -0.123. The summed E-state index contributed by atoms with van der Waals surface area (Å²) in [6.45, 7) is 3.12. The van der Waals surface area contributed by atoms with Crippen LogP contribution in [-0.4, -0.2) is 45.8 Å². The fourth-order valence-electron chi connectivity index (χ4n) is 2.62. The number of esters is 1. The van der Waals surface area contributed by atoms with Gasteiger partial charge in [0.25, 0.3) is 5.91 Å². The second-order valence-electron chi connectivity index (χ2n) is 6.24. The molecule has 0 aromatic heterocycles. The van der Waals surface area contributed by atoms with Crippen molar-refractivity contribution < 1.29 is 33.3 Å². The Bertz CT molecular complexity index is 931. The summed E-state index contributed by atoms with van der Waals surface area (Å²) in [5, 5.41) is 4.70. The van der Waals surface area contributed by atoms with Crippen LogP contribution in [0.2, 0.25) is 0 Å². The number of aryl methyl sites for hydroxylation is 1. The molecule has 0 bridgehead atoms. The molecule has 0 fully saturated rings. The number of carbonyl (C=O) groups excluding carboxylic acids is 3. The number of hydrogen-bond donors (Lipinski definition) is 2. The van der Waals surface area contributed by atoms with E-state index in [-0.39, 0.29) is 17.1 Å². The van der Waals surface area contributed by atoms with Crippen LogP contribution in [0.3, 0.4) is 0 Å². The van der Waals surface area contributed by atoms with E-state index < -0.39 is 24.5 Å². The molecule has 9 nitrogen and oxygen atoms in total. The minimum absolute atomic E-state index is 0.0946. The van der Waals surface area contributed by atoms with E-state index in [1.807, 2.05) is 19.9 Å². The van der Waals surface area contributed by atoms with Gasteiger partial charge in [-0.2, -0.15) is 0 Å². The molecule has 0 aliphatic heterocycles. The second kappa shape index (κ2) is 10.1. The highest BCUT2D eigenvalue weighted by Gasteiger charge is 2.19. The van der Waals surface area contributed by atoms with Crippen LogP contribution in [-0.2, 0) is 9.53 Å². The lowest BCUT2D eigenvalue weighted by atomic mass is 10.1. The molecule has 2 rings (SSSR count). The third-order valence-electron chi connectivity index (χ3n) is 4.34. The number of imide groups is 1. The lowest BCUT2D eigenvalue weighted by Crippen LogP contribution is -2.37. The highest BCUT2D eigenvalue weighted by Crippen LogP contribution is 2.38. The topological polar surface area (TPSA) is 112 Å². The minimum Gasteiger partial charge on any atom is -0.493 e. The van der Waals surface area contributed by atoms with E-state index in [9.17, 15) is 14.4 Å². The van der Waals surface area contributed by atoms with Crippen molar-refractivity contribution in [3.8, 4) is 17.2 Å². The first-order chi connectivity index (χ1) is 14.3. The molecule has 0 heterocycles. The molecule has 0 atom stereocenters. The number of amides is 3. The van der Waals surface area contributed by atoms with Crippen LogP contribution in [0.5, 0.6) is 17.2 Å². The Morgan fingerprint density at radius 2 is 1.57 bits per heavy atom. The summed E-state index contributed by atoms with van der Waals surface area (Å²) < 4.78 is 20.5. The van der Waals surface area contributed by atoms with Crippen molar-refractivity contribution >= 4 is 23.6 Å². The molecule has 0 aliphatic rings. The first-order valence-electron chi connectivity index (χ1n) is 8.94. The Hall–Kier alpha value is -3.75. The first kappa shape index (κ1) is 22.5. The van der Waals surface area contributed by atoms with Gasteiger partial charge in [0.15, 0.2) is 18.1 Å². The highest BCUT2D eigenvalue weighted by molar-refractivity contribution is 6.02. The Morgan fingerprint density at radius 3 is 2.13 bits per heavy atom. The fraction of sp³-hybridized carbons (Fsp3) is 0.286. The molecule has 2 aromatic rings. The molecule has 30 heavy (non-hydrogen) atoms. The number of methoxy groups -OCH3 is 3. The molecule has 3 amide bonds. The van der Waals surface area contributed by atoms with Gasteiger partial charge in [0, 0.05) is 5.69 Å². The van der Waals surface area contributed by atoms with Gasteiger partial charge in [0.2, 0.25) is 5.75 Å². The fourth-order valence-corrected chi connectivity index (χ4v) is 2.62. The van der Waals surface area contributed by atoms with E-state index in [0.29, 0.717) is 11.4 Å². The number of nitrogens with one attached hydrogen (secondary N) is 2. The van der Waals surface area contributed by atoms with Crippen molar-refractivity contribution in [3.63, 3.8) is 0 Å². The average molecular weight is 416 g/mol. The Labute approximate surface area is 174 Å². The number of hydrogen-bond acceptors (Lipinski definition) is 7. The maximum Gasteiger partial charge on any atom is 0.338 e. The number of ether oxygens (including phenoxy) is 4. The Morgan fingerprint density at radius 1 is 0.933 bits per heavy atom. The van der Waals surface area contributed by atoms with Gasteiger partial charge in [-0.3, -0.25) is 10.1 Å². The zero-order chi connectivity index (χ0) is 22.3. The van der Waals surface area contributed by atoms with Gasteiger partial charge in [-0.1, -0.05) is 12.1 Å². The van der Waals surface area contributed by atoms with Crippen molar-refractivity contribution in [2.24, 2.45) is 0 Å². The highest BCUT2D eigenvalue weighted by atomic mass is 16.5. The molecule has 0 saturated carbocycles. The molecular formula is C21H24N2O7. The molecule has 0 saturated heterocycles. The summed E-state index contributed by atoms with van der Waals surface area (Å²) in [5.74, 6) is -0.724. The summed E-state index contributed by atoms with van der Waals surface area (Å²) in [7, 11) is 4.26. The monoisotopic (exact) mass is 416 g/mol. The smallest absolute Gasteiger partial charge is 0.338 e. The van der Waals surface area contributed by atoms with Crippen LogP contribution in [0.15, 0.2) is 30.3 Å². The molecule has 9 heteroatoms. The normalized spacial score (nSPS) is 10.0. The van der Waals surface area contributed by atoms with Crippen molar-refractivity contribution in [2.75, 3.05) is 33.3 Å². The van der Waals surface area contributed by atoms with Crippen LogP contribution in [0, 0.1) is 13.8 Å². The van der Waals surface area contributed by atoms with E-state index >= 15 is 0 Å². The quantitative estimate of drug-likeness (QED) is 0.668. The van der Waals surface area contributed by atoms with E-state index in [1.165, 1.54) is 33.5 Å². The molecule has 0 unspecified atom stereocenters. The average Bonchev–Trinajstić information content (AvgIpc) is 2.73. The van der Waals surface area contributed by atoms with Crippen molar-refractivity contribution in [1.82, 2.24) is 5.32 Å². The number of urea groups is 1. The first-order valence-corrected chi connectivity index (χ1v) is 8.94. The molecule has 160 valence electrons. The standard InChI is InChI=1S/C21H24N2O7/c1-12-7-6-8-15(13(12)2)22-21(26)23-18(24)11-30-20(25)14-9-16(27-3)19(29-5)17(10-14)28-4/h6-10H,11H2,1-5H3,(H2,22,23,24,26). The third kappa shape index (κ3) is 5.40. The van der Waals surface area contributed by atoms with E-state index in [0.717, 1.165) is 11.1 Å². The molecule has 0 radical (unpaired) electrons. The zero-order valence-corrected chi connectivity index (χ0v) is 17.5. The molecular weight excluding hydrogens is 392 g/mol. The molecule has 0 aliphatic carbocycles. The largest absolute Gasteiger partial charge is 0.493 e. The SMILES string of the molecule is COc1cc(C(=O)OCC(=O)NC(=O)Nc2cccc(C)c2C)cc(OC)c1OC. The van der Waals surface area contributed by atoms with Gasteiger partial charge in [0.1, 0.15) is 0 Å². The maximum absolute atomic E-state index is 12.3. The summed E-state index contributed by atoms with van der Waals surface area (Å²) in [6.07, 6.45) is 0. The van der Waals surface area contributed by atoms with Crippen molar-refractivity contribution in [3.05, 3.63) is 47.0 Å². The molecule has 2 N–H and O–H groups in total. The Balaban J connectivity index is 1.96. The van der Waals surface area contributed by atoms with E-state index in [2.05, 4.69) is 10.6 Å². The summed E-state index contributed by atoms with van der Waals surface area (Å²) >= 11 is 0. The van der Waals surface area contributed by atoms with Gasteiger partial charge in [0.05, 0.1) is 26.9 Å². The maximum atomic E-state index is 12.3. The Kier molecular flexibility index (Phi) is 7.62. The second-order valence-corrected chi connectivity index (χ2v) is 6.24. The third-order valence-corrected chi connectivity index (χ3v) is 4.34. The van der Waals surface area contributed by atoms with Crippen molar-refractivity contribution in [2.45, 2.75) is 13.8 Å². The van der Waals surface area contributed by atoms with E-state index in [1.54, 1.807) is 12.1 Å². The van der Waals surface area contributed by atoms with Crippen LogP contribution < -0.4 is 24.8 Å². The van der Waals surface area contributed by atoms with Gasteiger partial charge in [-0.05, 0) is 43.2 Å². The van der Waals surface area contributed by atoms with Gasteiger partial charge < -0.3 is 24.3 Å². The van der Waals surface area contributed by atoms with Crippen molar-refractivity contribution in [1.29, 1.82) is 0 Å². The van der Waals surface area contributed by atoms with Crippen LogP contribution >= 0.6 is 0 Å². The number of rotatable bonds is 7. The minimum atomic E-state index is -0.792. The molecule has 0 spiro atoms. The number of benzene rings is 2. The number of anilines is 1. The summed E-state index contributed by atoms with van der Waals surface area (Å²) in [6, 6.07) is 7.49. The summed E-state index contributed by atoms with van der Waals surface area (Å²) in [4.78, 5) is 36.3. The van der Waals surface area contributed by atoms with Crippen LogP contribution in [0.1, 0.15) is 21.5 Å². The van der Waals surface area contributed by atoms with Crippen LogP contribution in [0.4, 0.5) is 10.5 Å². The molecule has 2 aromatic carbocycles. The summed E-state index contributed by atoms with van der Waals surface area (Å²) in [5.41, 5.74) is 2.55. The predicted octanol–water partition coefficient (Wildman–Crippen LogP) is 2.83. The van der Waals surface area contributed by atoms with Crippen LogP contribution in [0.25, 0.3) is 0 Å². The van der Waals surface area contributed by atoms with Gasteiger partial charge in [-0.15, -0.1) is 0 Å². The predicted molar refractivity (Wildman–Crippen MR) is 109 cm³/mol. The van der Waals surface area contributed by atoms with Gasteiger partial charge >= 0.3 is 12.0 Å². The van der Waals surface area contributed by atoms with Gasteiger partial charge in [-0.25, -0.2) is 9.59 Å². The number of carbonyl (C=O) groups is 3. The lowest BCUT2D eigenvalue weighted by Gasteiger charge is -2.14. The van der Waals surface area contributed by atoms with E-state index in [4.69, 9.17) is 18.9 Å².